The molecule has 4 nitrogen and oxygen atoms in total. The summed E-state index contributed by atoms with van der Waals surface area (Å²) in [6, 6.07) is 8.23. The maximum Gasteiger partial charge on any atom is 0.276 e. The van der Waals surface area contributed by atoms with Crippen LogP contribution in [0.2, 0.25) is 0 Å². The molecule has 1 aromatic heterocycles. The summed E-state index contributed by atoms with van der Waals surface area (Å²) in [6.07, 6.45) is 2.00. The van der Waals surface area contributed by atoms with E-state index in [4.69, 9.17) is 0 Å². The van der Waals surface area contributed by atoms with E-state index in [0.29, 0.717) is 22.3 Å². The molecule has 19 heavy (non-hydrogen) atoms. The van der Waals surface area contributed by atoms with Crippen LogP contribution in [0, 0.1) is 5.21 Å². The number of carbonyl (C=O) groups excluding carboxylic acids is 2. The van der Waals surface area contributed by atoms with Crippen LogP contribution in [0.3, 0.4) is 0 Å². The number of rotatable bonds is 1. The van der Waals surface area contributed by atoms with Crippen LogP contribution < -0.4 is 4.73 Å². The van der Waals surface area contributed by atoms with Crippen LogP contribution in [0.5, 0.6) is 0 Å². The van der Waals surface area contributed by atoms with Gasteiger partial charge in [0, 0.05) is 16.7 Å². The summed E-state index contributed by atoms with van der Waals surface area (Å²) in [7, 11) is 0. The molecule has 0 amide bonds. The minimum atomic E-state index is -0.386. The first-order valence-corrected chi connectivity index (χ1v) is 6.08. The SMILES string of the molecule is CCc1cc2c([n+]([O-])c1)C(=O)c1ccccc1C2=O. The van der Waals surface area contributed by atoms with Gasteiger partial charge in [0.05, 0.1) is 0 Å². The zero-order valence-electron chi connectivity index (χ0n) is 10.3. The maximum absolute atomic E-state index is 12.4. The van der Waals surface area contributed by atoms with Crippen molar-refractivity contribution in [2.24, 2.45) is 0 Å². The second kappa shape index (κ2) is 4.02. The lowest BCUT2D eigenvalue weighted by Crippen LogP contribution is -2.40. The van der Waals surface area contributed by atoms with Gasteiger partial charge in [-0.15, -0.1) is 0 Å². The molecule has 3 rings (SSSR count). The van der Waals surface area contributed by atoms with Gasteiger partial charge in [-0.2, -0.15) is 4.73 Å². The van der Waals surface area contributed by atoms with Gasteiger partial charge in [0.15, 0.2) is 6.20 Å². The van der Waals surface area contributed by atoms with E-state index in [0.717, 1.165) is 5.56 Å². The average Bonchev–Trinajstić information content (AvgIpc) is 2.44. The van der Waals surface area contributed by atoms with Gasteiger partial charge in [-0.05, 0) is 12.5 Å². The van der Waals surface area contributed by atoms with Crippen molar-refractivity contribution in [1.82, 2.24) is 0 Å². The zero-order chi connectivity index (χ0) is 13.6. The number of aromatic nitrogens is 1. The van der Waals surface area contributed by atoms with Gasteiger partial charge in [-0.25, -0.2) is 0 Å². The maximum atomic E-state index is 12.4. The van der Waals surface area contributed by atoms with Crippen molar-refractivity contribution in [3.05, 3.63) is 69.7 Å². The Balaban J connectivity index is 2.33. The van der Waals surface area contributed by atoms with Gasteiger partial charge < -0.3 is 5.21 Å². The molecule has 0 saturated heterocycles. The summed E-state index contributed by atoms with van der Waals surface area (Å²) in [5.41, 5.74) is 1.55. The van der Waals surface area contributed by atoms with E-state index in [9.17, 15) is 14.8 Å². The van der Waals surface area contributed by atoms with Gasteiger partial charge in [-0.3, -0.25) is 9.59 Å². The fourth-order valence-corrected chi connectivity index (χ4v) is 2.37. The lowest BCUT2D eigenvalue weighted by atomic mass is 9.86. The molecule has 0 spiro atoms. The van der Waals surface area contributed by atoms with E-state index in [1.165, 1.54) is 6.20 Å². The highest BCUT2D eigenvalue weighted by Gasteiger charge is 2.36. The molecule has 0 saturated carbocycles. The lowest BCUT2D eigenvalue weighted by Gasteiger charge is -2.16. The molecule has 0 atom stereocenters. The number of aryl methyl sites for hydroxylation is 1. The molecule has 0 bridgehead atoms. The Morgan fingerprint density at radius 2 is 1.68 bits per heavy atom. The second-order valence-corrected chi connectivity index (χ2v) is 4.49. The van der Waals surface area contributed by atoms with Gasteiger partial charge in [0.25, 0.3) is 11.5 Å². The Bertz CT molecular complexity index is 719. The van der Waals surface area contributed by atoms with E-state index in [1.807, 2.05) is 6.92 Å². The Kier molecular flexibility index (Phi) is 2.45. The van der Waals surface area contributed by atoms with Crippen molar-refractivity contribution >= 4 is 11.6 Å². The van der Waals surface area contributed by atoms with Gasteiger partial charge in [0.1, 0.15) is 5.56 Å². The van der Waals surface area contributed by atoms with Crippen molar-refractivity contribution < 1.29 is 14.3 Å². The normalized spacial score (nSPS) is 13.1. The van der Waals surface area contributed by atoms with Crippen LogP contribution in [0.4, 0.5) is 0 Å². The highest BCUT2D eigenvalue weighted by molar-refractivity contribution is 6.27. The number of hydrogen-bond donors (Lipinski definition) is 0. The summed E-state index contributed by atoms with van der Waals surface area (Å²) < 4.78 is 0.518. The predicted octanol–water partition coefficient (Wildman–Crippen LogP) is 1.66. The van der Waals surface area contributed by atoms with Crippen molar-refractivity contribution in [3.8, 4) is 0 Å². The first-order chi connectivity index (χ1) is 9.13. The smallest absolute Gasteiger partial charge is 0.276 e. The van der Waals surface area contributed by atoms with Crippen LogP contribution in [0.1, 0.15) is 44.5 Å². The number of benzene rings is 1. The van der Waals surface area contributed by atoms with Crippen LogP contribution in [0.15, 0.2) is 36.5 Å². The van der Waals surface area contributed by atoms with Crippen LogP contribution >= 0.6 is 0 Å². The van der Waals surface area contributed by atoms with E-state index >= 15 is 0 Å². The molecule has 1 aliphatic rings. The van der Waals surface area contributed by atoms with E-state index < -0.39 is 0 Å². The third kappa shape index (κ3) is 1.57. The number of nitrogens with zero attached hydrogens (tertiary/aromatic N) is 1. The molecule has 94 valence electrons. The molecule has 1 aliphatic carbocycles. The molecule has 0 aliphatic heterocycles. The molecule has 1 heterocycles. The average molecular weight is 253 g/mol. The first kappa shape index (κ1) is 11.6. The third-order valence-electron chi connectivity index (χ3n) is 3.37. The van der Waals surface area contributed by atoms with Crippen molar-refractivity contribution in [1.29, 1.82) is 0 Å². The minimum absolute atomic E-state index is 0.0686. The highest BCUT2D eigenvalue weighted by atomic mass is 16.5. The Morgan fingerprint density at radius 1 is 1.05 bits per heavy atom. The van der Waals surface area contributed by atoms with Crippen LogP contribution in [0.25, 0.3) is 0 Å². The lowest BCUT2D eigenvalue weighted by molar-refractivity contribution is -0.608. The van der Waals surface area contributed by atoms with E-state index in [-0.39, 0.29) is 22.8 Å². The van der Waals surface area contributed by atoms with Gasteiger partial charge in [0.2, 0.25) is 5.78 Å². The first-order valence-electron chi connectivity index (χ1n) is 6.08. The van der Waals surface area contributed by atoms with Crippen molar-refractivity contribution in [2.75, 3.05) is 0 Å². The number of ketones is 2. The second-order valence-electron chi connectivity index (χ2n) is 4.49. The standard InChI is InChI=1S/C15H11NO3/c1-2-9-7-12-13(16(19)8-9)15(18)11-6-4-3-5-10(11)14(12)17/h3-8H,2H2,1H3. The molecule has 4 heteroatoms. The van der Waals surface area contributed by atoms with Crippen LogP contribution in [-0.2, 0) is 6.42 Å². The Hall–Kier alpha value is -2.49. The molecular formula is C15H11NO3. The van der Waals surface area contributed by atoms with Crippen molar-refractivity contribution in [3.63, 3.8) is 0 Å². The highest BCUT2D eigenvalue weighted by Crippen LogP contribution is 2.25. The molecule has 0 unspecified atom stereocenters. The van der Waals surface area contributed by atoms with Crippen LogP contribution in [-0.4, -0.2) is 11.6 Å². The summed E-state index contributed by atoms with van der Waals surface area (Å²) in [6.45, 7) is 1.89. The Labute approximate surface area is 109 Å². The van der Waals surface area contributed by atoms with E-state index in [2.05, 4.69) is 0 Å². The summed E-state index contributed by atoms with van der Waals surface area (Å²) >= 11 is 0. The molecule has 2 aromatic rings. The fourth-order valence-electron chi connectivity index (χ4n) is 2.37. The summed E-state index contributed by atoms with van der Waals surface area (Å²) in [4.78, 5) is 24.7. The summed E-state index contributed by atoms with van der Waals surface area (Å²) in [5, 5.41) is 12.0. The largest absolute Gasteiger partial charge is 0.618 e. The number of hydrogen-bond acceptors (Lipinski definition) is 3. The number of pyridine rings is 1. The molecule has 0 fully saturated rings. The fraction of sp³-hybridized carbons (Fsp3) is 0.133. The molecule has 0 N–H and O–H groups in total. The van der Waals surface area contributed by atoms with Gasteiger partial charge in [-0.1, -0.05) is 31.2 Å². The molecule has 1 aromatic carbocycles. The van der Waals surface area contributed by atoms with E-state index in [1.54, 1.807) is 30.3 Å². The monoisotopic (exact) mass is 253 g/mol. The third-order valence-corrected chi connectivity index (χ3v) is 3.37. The Morgan fingerprint density at radius 3 is 2.32 bits per heavy atom. The molecular weight excluding hydrogens is 242 g/mol. The minimum Gasteiger partial charge on any atom is -0.618 e. The molecule has 0 radical (unpaired) electrons. The predicted molar refractivity (Wildman–Crippen MR) is 68.1 cm³/mol. The number of fused-ring (bicyclic) bond motifs is 2. The van der Waals surface area contributed by atoms with Gasteiger partial charge >= 0.3 is 0 Å². The summed E-state index contributed by atoms with van der Waals surface area (Å²) in [5.74, 6) is -0.645. The number of carbonyl (C=O) groups is 2. The van der Waals surface area contributed by atoms with Crippen molar-refractivity contribution in [2.45, 2.75) is 13.3 Å². The quantitative estimate of drug-likeness (QED) is 0.489. The zero-order valence-corrected chi connectivity index (χ0v) is 10.3. The topological polar surface area (TPSA) is 61.1 Å².